The molecule has 12 aromatic carbocycles. The number of carbonyl (C=O) groups excluding carboxylic acids is 4. The van der Waals surface area contributed by atoms with Crippen LogP contribution in [-0.4, -0.2) is 87.9 Å². The van der Waals surface area contributed by atoms with E-state index in [0.29, 0.717) is 51.3 Å². The van der Waals surface area contributed by atoms with Crippen LogP contribution < -0.4 is 21.3 Å². The van der Waals surface area contributed by atoms with E-state index in [1.54, 1.807) is 50.2 Å². The molecule has 0 saturated heterocycles. The van der Waals surface area contributed by atoms with Gasteiger partial charge in [0.1, 0.15) is 0 Å². The van der Waals surface area contributed by atoms with E-state index in [0.717, 1.165) is 179 Å². The van der Waals surface area contributed by atoms with Crippen molar-refractivity contribution >= 4 is 117 Å². The van der Waals surface area contributed by atoms with Crippen molar-refractivity contribution < 1.29 is 58.8 Å². The van der Waals surface area contributed by atoms with Crippen molar-refractivity contribution in [3.8, 4) is 89.0 Å². The minimum atomic E-state index is -0.959. The molecule has 8 aliphatic rings. The van der Waals surface area contributed by atoms with E-state index in [1.807, 2.05) is 268 Å². The van der Waals surface area contributed by atoms with Gasteiger partial charge in [-0.3, -0.25) is 53.5 Å². The van der Waals surface area contributed by atoms with Gasteiger partial charge in [0.05, 0.1) is 66.6 Å². The van der Waals surface area contributed by atoms with Crippen LogP contribution in [0.1, 0.15) is 132 Å². The first kappa shape index (κ1) is 91.6. The van der Waals surface area contributed by atoms with E-state index < -0.39 is 45.5 Å². The number of nitrogens with one attached hydrogen (secondary N) is 4. The molecule has 0 bridgehead atoms. The highest BCUT2D eigenvalue weighted by atomic mass is 35.5. The summed E-state index contributed by atoms with van der Waals surface area (Å²) in [6, 6.07) is 90.4. The topological polar surface area (TPSA) is 317 Å². The van der Waals surface area contributed by atoms with Crippen molar-refractivity contribution in [3.63, 3.8) is 0 Å². The number of carboxylic acid groups (broad SMARTS) is 4. The minimum Gasteiger partial charge on any atom is -0.481 e. The molecule has 24 heteroatoms. The molecule has 4 aliphatic heterocycles. The molecule has 0 radical (unpaired) electrons. The number of aliphatic carboxylic acids is 3. The van der Waals surface area contributed by atoms with E-state index in [4.69, 9.17) is 56.6 Å². The van der Waals surface area contributed by atoms with Gasteiger partial charge in [-0.2, -0.15) is 0 Å². The summed E-state index contributed by atoms with van der Waals surface area (Å²) >= 11 is 26.7. The molecule has 694 valence electrons. The van der Waals surface area contributed by atoms with Crippen LogP contribution in [0.3, 0.4) is 0 Å². The molecule has 20 nitrogen and oxygen atoms in total. The molecule has 16 aromatic rings. The first-order valence-electron chi connectivity index (χ1n) is 46.1. The van der Waals surface area contributed by atoms with Gasteiger partial charge in [0.15, 0.2) is 0 Å². The zero-order valence-electron chi connectivity index (χ0n) is 75.8. The SMILES string of the molecule is Cc1ccc(C2CC23C(=O)Nc2cc(Cl)c(-c4ccc(-c5cccnc5)cc4)cc23)cc1C(=O)O.Cc1ccc(C2CC23C(=O)Nc2cc(Cl)c(-c4ccc(-c5ccncc5)cc4)cc23)cc1CC(=O)O.O=C(O)Cc1cccc(C2CC23C(=O)Nc2cc(Cl)c(-c4ccc(-c5cccnc5)cc4)cc23)c1.O=C(O)Cc1cccc(C2CC23C(=O)Nc2cc(Cl)c(-c4ccc(-c5ccncc5)cc4)cc23)c1. The highest BCUT2D eigenvalue weighted by Gasteiger charge is 2.69. The van der Waals surface area contributed by atoms with E-state index >= 15 is 0 Å². The van der Waals surface area contributed by atoms with Gasteiger partial charge in [0.2, 0.25) is 23.6 Å². The second-order valence-electron chi connectivity index (χ2n) is 37.3. The number of nitrogens with zero attached hydrogens (tertiary/aromatic N) is 4. The highest BCUT2D eigenvalue weighted by Crippen LogP contribution is 2.70. The van der Waals surface area contributed by atoms with Crippen LogP contribution in [0.4, 0.5) is 22.7 Å². The van der Waals surface area contributed by atoms with Crippen LogP contribution in [0.25, 0.3) is 89.0 Å². The normalized spacial score (nSPS) is 19.9. The highest BCUT2D eigenvalue weighted by molar-refractivity contribution is 6.36. The maximum Gasteiger partial charge on any atom is 0.335 e. The molecule has 141 heavy (non-hydrogen) atoms. The fourth-order valence-electron chi connectivity index (χ4n) is 21.4. The number of rotatable bonds is 19. The lowest BCUT2D eigenvalue weighted by atomic mass is 9.88. The molecular formula is C117H86Cl4N8O12. The Labute approximate surface area is 830 Å². The number of fused-ring (bicyclic) bond motifs is 8. The molecular weight excluding hydrogens is 1850 g/mol. The second kappa shape index (κ2) is 36.5. The number of halogens is 4. The molecule has 4 saturated carbocycles. The predicted molar refractivity (Wildman–Crippen MR) is 547 cm³/mol. The Morgan fingerprint density at radius 1 is 0.298 bits per heavy atom. The predicted octanol–water partition coefficient (Wildman–Crippen LogP) is 25.0. The Morgan fingerprint density at radius 2 is 0.589 bits per heavy atom. The van der Waals surface area contributed by atoms with Gasteiger partial charge in [0, 0.05) is 118 Å². The molecule has 4 fully saturated rings. The Balaban J connectivity index is 0.000000111. The lowest BCUT2D eigenvalue weighted by Gasteiger charge is -2.14. The Kier molecular flexibility index (Phi) is 23.7. The zero-order chi connectivity index (χ0) is 97.7. The molecule has 4 amide bonds. The van der Waals surface area contributed by atoms with Crippen molar-refractivity contribution in [2.24, 2.45) is 0 Å². The first-order valence-corrected chi connectivity index (χ1v) is 47.6. The van der Waals surface area contributed by atoms with Crippen LogP contribution in [0.5, 0.6) is 0 Å². The van der Waals surface area contributed by atoms with Crippen molar-refractivity contribution in [3.05, 3.63) is 427 Å². The van der Waals surface area contributed by atoms with Crippen LogP contribution in [0.2, 0.25) is 20.1 Å². The smallest absolute Gasteiger partial charge is 0.335 e. The summed E-state index contributed by atoms with van der Waals surface area (Å²) in [5, 5.41) is 51.5. The van der Waals surface area contributed by atoms with Gasteiger partial charge in [-0.25, -0.2) is 4.79 Å². The number of aryl methyl sites for hydroxylation is 2. The van der Waals surface area contributed by atoms with Gasteiger partial charge in [-0.15, -0.1) is 0 Å². The first-order chi connectivity index (χ1) is 68.1. The molecule has 8 heterocycles. The van der Waals surface area contributed by atoms with E-state index in [1.165, 1.54) is 0 Å². The molecule has 4 aromatic heterocycles. The fraction of sp³-hybridized carbons (Fsp3) is 0.145. The zero-order valence-corrected chi connectivity index (χ0v) is 78.8. The molecule has 8 atom stereocenters. The van der Waals surface area contributed by atoms with Crippen molar-refractivity contribution in [1.82, 2.24) is 19.9 Å². The molecule has 8 N–H and O–H groups in total. The maximum absolute atomic E-state index is 13.2. The number of pyridine rings is 4. The number of amides is 4. The van der Waals surface area contributed by atoms with Crippen molar-refractivity contribution in [2.75, 3.05) is 21.3 Å². The summed E-state index contributed by atoms with van der Waals surface area (Å²) in [4.78, 5) is 115. The number of aromatic nitrogens is 4. The third kappa shape index (κ3) is 17.0. The Hall–Kier alpha value is -15.8. The summed E-state index contributed by atoms with van der Waals surface area (Å²) in [5.41, 5.74) is 28.1. The van der Waals surface area contributed by atoms with Gasteiger partial charge < -0.3 is 41.7 Å². The van der Waals surface area contributed by atoms with E-state index in [9.17, 15) is 48.6 Å². The van der Waals surface area contributed by atoms with E-state index in [-0.39, 0.29) is 72.1 Å². The minimum absolute atomic E-state index is 0.000484. The largest absolute Gasteiger partial charge is 0.481 e. The lowest BCUT2D eigenvalue weighted by Crippen LogP contribution is -2.21. The summed E-state index contributed by atoms with van der Waals surface area (Å²) in [6.07, 6.45) is 16.8. The van der Waals surface area contributed by atoms with Crippen LogP contribution in [0, 0.1) is 13.8 Å². The number of hydrogen-bond donors (Lipinski definition) is 8. The number of anilines is 4. The number of benzene rings is 12. The van der Waals surface area contributed by atoms with Gasteiger partial charge in [-0.05, 0) is 270 Å². The summed E-state index contributed by atoms with van der Waals surface area (Å²) in [6.45, 7) is 3.69. The van der Waals surface area contributed by atoms with Crippen LogP contribution in [-0.2, 0) is 74.5 Å². The van der Waals surface area contributed by atoms with Gasteiger partial charge >= 0.3 is 23.9 Å². The molecule has 24 rings (SSSR count). The average Bonchev–Trinajstić information content (AvgIpc) is 1.54. The third-order valence-electron chi connectivity index (χ3n) is 29.0. The maximum atomic E-state index is 13.2. The molecule has 8 unspecified atom stereocenters. The van der Waals surface area contributed by atoms with Crippen LogP contribution >= 0.6 is 46.4 Å². The number of carbonyl (C=O) groups is 8. The quantitative estimate of drug-likeness (QED) is 0.0373. The van der Waals surface area contributed by atoms with E-state index in [2.05, 4.69) is 65.5 Å². The van der Waals surface area contributed by atoms with Crippen LogP contribution in [0.15, 0.2) is 329 Å². The number of hydrogen-bond acceptors (Lipinski definition) is 12. The van der Waals surface area contributed by atoms with Gasteiger partial charge in [-0.1, -0.05) is 234 Å². The Bertz CT molecular complexity index is 7630. The summed E-state index contributed by atoms with van der Waals surface area (Å²) < 4.78 is 0. The molecule has 4 spiro atoms. The van der Waals surface area contributed by atoms with Crippen molar-refractivity contribution in [2.45, 2.75) is 104 Å². The number of aromatic carboxylic acids is 1. The monoisotopic (exact) mass is 1930 g/mol. The third-order valence-corrected chi connectivity index (χ3v) is 30.3. The second-order valence-corrected chi connectivity index (χ2v) is 38.9. The van der Waals surface area contributed by atoms with Gasteiger partial charge in [0.25, 0.3) is 0 Å². The molecule has 4 aliphatic carbocycles. The standard InChI is InChI=1S/C30H23ClN2O3.3C29H21ClN2O3/c1-17-2-3-21(12-22(17)13-28(34)35)25-16-30(25)24-14-23(26(31)15-27(24)33-29(30)36)20-6-4-18(5-7-20)19-8-10-32-11-9-19;1-16-4-5-19(11-21(16)27(33)34)24-14-29(24)23-12-22(25(30)13-26(23)32-28(29)35)18-8-6-17(7-9-18)20-3-2-10-31-15-20;30-25-14-26-23(13-22(25)19-8-6-18(7-9-19)21-5-2-10-31-16-21)29(28(35)32-26)15-24(29)20-4-1-3-17(11-20)12-27(33)34;30-25-15-26-23(14-22(25)20-6-4-18(5-7-20)19-8-10-31-11-9-19)29(28(35)32-26)16-24(29)21-3-1-2-17(12-21)13-27(33)34/h2-12,14-15,25H,13,16H2,1H3,(H,33,36)(H,34,35);2-13,15,24H,14H2,1H3,(H,32,35)(H,33,34);1-11,13-14,16,24H,12,15H2,(H,32,35)(H,33,34);1-12,14-15,24H,13,16H2,(H,32,35)(H,33,34). The fourth-order valence-corrected chi connectivity index (χ4v) is 22.5. The Morgan fingerprint density at radius 3 is 0.894 bits per heavy atom. The average molecular weight is 1940 g/mol. The summed E-state index contributed by atoms with van der Waals surface area (Å²) in [5.74, 6) is -3.78. The number of carboxylic acids is 4. The van der Waals surface area contributed by atoms with Crippen molar-refractivity contribution in [1.29, 1.82) is 0 Å². The lowest BCUT2D eigenvalue weighted by molar-refractivity contribution is -0.137. The summed E-state index contributed by atoms with van der Waals surface area (Å²) in [7, 11) is 0.